The monoisotopic (exact) mass is 260 g/mol. The third kappa shape index (κ3) is 3.65. The third-order valence-corrected chi connectivity index (χ3v) is 3.86. The van der Waals surface area contributed by atoms with Gasteiger partial charge in [0.15, 0.2) is 0 Å². The van der Waals surface area contributed by atoms with Crippen molar-refractivity contribution in [2.45, 2.75) is 39.8 Å². The van der Waals surface area contributed by atoms with Crippen LogP contribution in [0.2, 0.25) is 0 Å². The number of nitrogens with one attached hydrogen (secondary N) is 1. The maximum Gasteiger partial charge on any atom is 0.0897 e. The summed E-state index contributed by atoms with van der Waals surface area (Å²) in [7, 11) is 0. The molecule has 0 aliphatic rings. The maximum atomic E-state index is 4.25. The molecule has 0 spiro atoms. The van der Waals surface area contributed by atoms with Gasteiger partial charge in [-0.15, -0.1) is 11.3 Å². The first-order chi connectivity index (χ1) is 8.65. The minimum absolute atomic E-state index is 0.604. The predicted octanol–water partition coefficient (Wildman–Crippen LogP) is 3.86. The summed E-state index contributed by atoms with van der Waals surface area (Å²) in [4.78, 5) is 5.55. The van der Waals surface area contributed by atoms with Crippen molar-refractivity contribution in [3.8, 4) is 0 Å². The lowest BCUT2D eigenvalue weighted by Crippen LogP contribution is -2.11. The van der Waals surface area contributed by atoms with Crippen molar-refractivity contribution in [2.75, 3.05) is 0 Å². The number of hydrogen-bond donors (Lipinski definition) is 1. The first-order valence-corrected chi connectivity index (χ1v) is 7.17. The average Bonchev–Trinajstić information content (AvgIpc) is 2.76. The Labute approximate surface area is 113 Å². The summed E-state index contributed by atoms with van der Waals surface area (Å²) in [5.41, 5.74) is 2.73. The van der Waals surface area contributed by atoms with Gasteiger partial charge in [-0.1, -0.05) is 38.1 Å². The molecule has 96 valence electrons. The molecule has 1 heterocycles. The molecule has 0 radical (unpaired) electrons. The number of benzene rings is 1. The van der Waals surface area contributed by atoms with Crippen LogP contribution in [0.25, 0.3) is 0 Å². The normalized spacial score (nSPS) is 11.1. The van der Waals surface area contributed by atoms with Gasteiger partial charge in [-0.25, -0.2) is 4.98 Å². The molecular formula is C15H20N2S. The average molecular weight is 260 g/mol. The second kappa shape index (κ2) is 6.12. The van der Waals surface area contributed by atoms with Crippen molar-refractivity contribution in [1.29, 1.82) is 0 Å². The Balaban J connectivity index is 1.83. The molecule has 2 aromatic rings. The molecule has 0 atom stereocenters. The van der Waals surface area contributed by atoms with Crippen LogP contribution in [0.15, 0.2) is 30.5 Å². The van der Waals surface area contributed by atoms with E-state index in [4.69, 9.17) is 0 Å². The molecule has 2 rings (SSSR count). The SMILES string of the molecule is Cc1ncc(CNCc2ccc(C(C)C)cc2)s1. The van der Waals surface area contributed by atoms with Crippen LogP contribution in [-0.2, 0) is 13.1 Å². The van der Waals surface area contributed by atoms with Crippen molar-refractivity contribution in [3.05, 3.63) is 51.5 Å². The van der Waals surface area contributed by atoms with Gasteiger partial charge in [0.1, 0.15) is 0 Å². The van der Waals surface area contributed by atoms with Gasteiger partial charge in [-0.2, -0.15) is 0 Å². The van der Waals surface area contributed by atoms with Crippen LogP contribution in [0.3, 0.4) is 0 Å². The fourth-order valence-electron chi connectivity index (χ4n) is 1.84. The van der Waals surface area contributed by atoms with Gasteiger partial charge in [0.25, 0.3) is 0 Å². The Bertz CT molecular complexity index is 485. The zero-order chi connectivity index (χ0) is 13.0. The van der Waals surface area contributed by atoms with Crippen molar-refractivity contribution in [2.24, 2.45) is 0 Å². The molecule has 0 unspecified atom stereocenters. The number of aryl methyl sites for hydroxylation is 1. The predicted molar refractivity (Wildman–Crippen MR) is 77.9 cm³/mol. The van der Waals surface area contributed by atoms with Crippen LogP contribution in [0.1, 0.15) is 40.8 Å². The number of aromatic nitrogens is 1. The van der Waals surface area contributed by atoms with Gasteiger partial charge in [0.05, 0.1) is 5.01 Å². The van der Waals surface area contributed by atoms with Gasteiger partial charge in [0.2, 0.25) is 0 Å². The van der Waals surface area contributed by atoms with Crippen molar-refractivity contribution in [1.82, 2.24) is 10.3 Å². The highest BCUT2D eigenvalue weighted by Gasteiger charge is 2.00. The molecule has 0 aliphatic heterocycles. The molecule has 3 heteroatoms. The maximum absolute atomic E-state index is 4.25. The zero-order valence-electron chi connectivity index (χ0n) is 11.2. The van der Waals surface area contributed by atoms with E-state index >= 15 is 0 Å². The lowest BCUT2D eigenvalue weighted by molar-refractivity contribution is 0.699. The molecule has 0 bridgehead atoms. The first-order valence-electron chi connectivity index (χ1n) is 6.36. The zero-order valence-corrected chi connectivity index (χ0v) is 12.1. The molecule has 0 amide bonds. The van der Waals surface area contributed by atoms with Crippen LogP contribution in [0.4, 0.5) is 0 Å². The number of nitrogens with zero attached hydrogens (tertiary/aromatic N) is 1. The molecule has 1 N–H and O–H groups in total. The largest absolute Gasteiger partial charge is 0.308 e. The summed E-state index contributed by atoms with van der Waals surface area (Å²) in [5, 5.41) is 4.58. The van der Waals surface area contributed by atoms with E-state index in [1.54, 1.807) is 11.3 Å². The van der Waals surface area contributed by atoms with E-state index < -0.39 is 0 Å². The summed E-state index contributed by atoms with van der Waals surface area (Å²) in [6.07, 6.45) is 1.95. The number of rotatable bonds is 5. The molecule has 1 aromatic carbocycles. The van der Waals surface area contributed by atoms with Crippen LogP contribution in [0.5, 0.6) is 0 Å². The highest BCUT2D eigenvalue weighted by atomic mass is 32.1. The molecule has 0 aliphatic carbocycles. The van der Waals surface area contributed by atoms with Crippen LogP contribution in [-0.4, -0.2) is 4.98 Å². The lowest BCUT2D eigenvalue weighted by Gasteiger charge is -2.07. The van der Waals surface area contributed by atoms with E-state index in [1.807, 2.05) is 13.1 Å². The van der Waals surface area contributed by atoms with E-state index in [2.05, 4.69) is 48.4 Å². The summed E-state index contributed by atoms with van der Waals surface area (Å²) in [5.74, 6) is 0.604. The second-order valence-corrected chi connectivity index (χ2v) is 6.16. The van der Waals surface area contributed by atoms with Crippen LogP contribution in [0, 0.1) is 6.92 Å². The molecule has 18 heavy (non-hydrogen) atoms. The van der Waals surface area contributed by atoms with Gasteiger partial charge in [-0.05, 0) is 24.0 Å². The molecule has 0 saturated heterocycles. The van der Waals surface area contributed by atoms with Gasteiger partial charge in [0, 0.05) is 24.2 Å². The summed E-state index contributed by atoms with van der Waals surface area (Å²) >= 11 is 1.76. The fraction of sp³-hybridized carbons (Fsp3) is 0.400. The smallest absolute Gasteiger partial charge is 0.0897 e. The van der Waals surface area contributed by atoms with Crippen molar-refractivity contribution >= 4 is 11.3 Å². The van der Waals surface area contributed by atoms with E-state index in [-0.39, 0.29) is 0 Å². The highest BCUT2D eigenvalue weighted by Crippen LogP contribution is 2.15. The van der Waals surface area contributed by atoms with Crippen LogP contribution >= 0.6 is 11.3 Å². The highest BCUT2D eigenvalue weighted by molar-refractivity contribution is 7.11. The van der Waals surface area contributed by atoms with E-state index in [1.165, 1.54) is 16.0 Å². The molecule has 2 nitrogen and oxygen atoms in total. The Morgan fingerprint density at radius 2 is 1.89 bits per heavy atom. The van der Waals surface area contributed by atoms with E-state index in [0.29, 0.717) is 5.92 Å². The fourth-order valence-corrected chi connectivity index (χ4v) is 2.60. The van der Waals surface area contributed by atoms with Gasteiger partial charge < -0.3 is 5.32 Å². The Morgan fingerprint density at radius 3 is 2.44 bits per heavy atom. The molecule has 0 saturated carbocycles. The summed E-state index contributed by atoms with van der Waals surface area (Å²) in [6.45, 7) is 8.30. The number of hydrogen-bond acceptors (Lipinski definition) is 3. The molecule has 1 aromatic heterocycles. The molecular weight excluding hydrogens is 240 g/mol. The van der Waals surface area contributed by atoms with Gasteiger partial charge in [-0.3, -0.25) is 0 Å². The van der Waals surface area contributed by atoms with Crippen LogP contribution < -0.4 is 5.32 Å². The first kappa shape index (κ1) is 13.2. The van der Waals surface area contributed by atoms with Crippen molar-refractivity contribution in [3.63, 3.8) is 0 Å². The minimum atomic E-state index is 0.604. The Kier molecular flexibility index (Phi) is 4.50. The Hall–Kier alpha value is -1.19. The third-order valence-electron chi connectivity index (χ3n) is 2.94. The van der Waals surface area contributed by atoms with Gasteiger partial charge >= 0.3 is 0 Å². The minimum Gasteiger partial charge on any atom is -0.308 e. The molecule has 0 fully saturated rings. The topological polar surface area (TPSA) is 24.9 Å². The second-order valence-electron chi connectivity index (χ2n) is 4.85. The number of thiazole rings is 1. The standard InChI is InChI=1S/C15H20N2S/c1-11(2)14-6-4-13(5-7-14)8-16-9-15-10-17-12(3)18-15/h4-7,10-11,16H,8-9H2,1-3H3. The summed E-state index contributed by atoms with van der Waals surface area (Å²) < 4.78 is 0. The quantitative estimate of drug-likeness (QED) is 0.883. The lowest BCUT2D eigenvalue weighted by atomic mass is 10.0. The summed E-state index contributed by atoms with van der Waals surface area (Å²) in [6, 6.07) is 8.86. The van der Waals surface area contributed by atoms with Crippen molar-refractivity contribution < 1.29 is 0 Å². The Morgan fingerprint density at radius 1 is 1.17 bits per heavy atom. The van der Waals surface area contributed by atoms with E-state index in [0.717, 1.165) is 18.1 Å². The van der Waals surface area contributed by atoms with E-state index in [9.17, 15) is 0 Å².